The molecule has 1 aromatic heterocycles. The Morgan fingerprint density at radius 2 is 1.76 bits per heavy atom. The predicted molar refractivity (Wildman–Crippen MR) is 96.1 cm³/mol. The predicted octanol–water partition coefficient (Wildman–Crippen LogP) is 4.49. The summed E-state index contributed by atoms with van der Waals surface area (Å²) in [7, 11) is 1.55. The second-order valence-electron chi connectivity index (χ2n) is 5.73. The smallest absolute Gasteiger partial charge is 0.257 e. The molecule has 0 saturated heterocycles. The molecule has 0 aliphatic heterocycles. The molecule has 0 fully saturated rings. The average Bonchev–Trinajstić information content (AvgIpc) is 2.90. The van der Waals surface area contributed by atoms with Gasteiger partial charge in [-0.3, -0.25) is 4.79 Å². The van der Waals surface area contributed by atoms with Gasteiger partial charge in [-0.25, -0.2) is 4.39 Å². The highest BCUT2D eigenvalue weighted by atomic mass is 19.1. The molecule has 0 aliphatic carbocycles. The van der Waals surface area contributed by atoms with Crippen LogP contribution in [0.1, 0.15) is 21.7 Å². The number of ether oxygens (including phenoxy) is 1. The monoisotopic (exact) mass is 338 g/mol. The van der Waals surface area contributed by atoms with Crippen LogP contribution in [-0.4, -0.2) is 17.6 Å². The average molecular weight is 338 g/mol. The van der Waals surface area contributed by atoms with Crippen molar-refractivity contribution in [2.75, 3.05) is 12.4 Å². The van der Waals surface area contributed by atoms with Crippen molar-refractivity contribution in [3.63, 3.8) is 0 Å². The summed E-state index contributed by atoms with van der Waals surface area (Å²) in [6.45, 7) is 3.65. The lowest BCUT2D eigenvalue weighted by atomic mass is 10.2. The molecule has 0 aliphatic rings. The number of carbonyl (C=O) groups excluding carboxylic acids is 1. The van der Waals surface area contributed by atoms with E-state index in [1.807, 2.05) is 19.1 Å². The Bertz CT molecular complexity index is 931. The second-order valence-corrected chi connectivity index (χ2v) is 5.73. The lowest BCUT2D eigenvalue weighted by molar-refractivity contribution is 0.102. The van der Waals surface area contributed by atoms with Gasteiger partial charge in [0.1, 0.15) is 11.6 Å². The number of para-hydroxylation sites is 3. The van der Waals surface area contributed by atoms with Crippen LogP contribution < -0.4 is 10.1 Å². The van der Waals surface area contributed by atoms with Crippen LogP contribution in [-0.2, 0) is 0 Å². The molecule has 1 amide bonds. The number of aryl methyl sites for hydroxylation is 1. The molecule has 0 saturated carbocycles. The molecule has 0 unspecified atom stereocenters. The van der Waals surface area contributed by atoms with E-state index in [0.29, 0.717) is 28.4 Å². The van der Waals surface area contributed by atoms with Crippen LogP contribution in [0.25, 0.3) is 5.69 Å². The number of halogens is 1. The maximum absolute atomic E-state index is 14.2. The number of aromatic nitrogens is 1. The normalized spacial score (nSPS) is 10.6. The number of carbonyl (C=O) groups is 1. The van der Waals surface area contributed by atoms with E-state index >= 15 is 0 Å². The topological polar surface area (TPSA) is 43.3 Å². The number of anilines is 1. The molecule has 1 N–H and O–H groups in total. The maximum atomic E-state index is 14.2. The fraction of sp³-hybridized carbons (Fsp3) is 0.150. The molecule has 2 aromatic carbocycles. The van der Waals surface area contributed by atoms with Crippen molar-refractivity contribution in [1.82, 2.24) is 4.57 Å². The van der Waals surface area contributed by atoms with Gasteiger partial charge in [0.2, 0.25) is 0 Å². The van der Waals surface area contributed by atoms with Gasteiger partial charge >= 0.3 is 0 Å². The molecule has 0 spiro atoms. The number of hydrogen-bond acceptors (Lipinski definition) is 2. The van der Waals surface area contributed by atoms with E-state index in [-0.39, 0.29) is 11.7 Å². The van der Waals surface area contributed by atoms with Crippen molar-refractivity contribution in [3.05, 3.63) is 77.4 Å². The van der Waals surface area contributed by atoms with Gasteiger partial charge < -0.3 is 14.6 Å². The molecule has 0 radical (unpaired) electrons. The lowest BCUT2D eigenvalue weighted by Crippen LogP contribution is -2.14. The maximum Gasteiger partial charge on any atom is 0.257 e. The minimum absolute atomic E-state index is 0.264. The highest BCUT2D eigenvalue weighted by Crippen LogP contribution is 2.26. The third-order valence-electron chi connectivity index (χ3n) is 4.12. The standard InChI is InChI=1S/C20H19FN2O2/c1-13-12-15(14(2)23(13)18-10-6-4-8-16(18)21)20(24)22-17-9-5-7-11-19(17)25-3/h4-12H,1-3H3,(H,22,24). The molecule has 128 valence electrons. The van der Waals surface area contributed by atoms with E-state index in [1.54, 1.807) is 55.0 Å². The zero-order valence-corrected chi connectivity index (χ0v) is 14.3. The second kappa shape index (κ2) is 6.81. The first-order valence-electron chi connectivity index (χ1n) is 7.91. The molecule has 4 nitrogen and oxygen atoms in total. The van der Waals surface area contributed by atoms with Crippen LogP contribution >= 0.6 is 0 Å². The Labute approximate surface area is 145 Å². The van der Waals surface area contributed by atoms with Crippen molar-refractivity contribution in [3.8, 4) is 11.4 Å². The zero-order chi connectivity index (χ0) is 18.0. The largest absolute Gasteiger partial charge is 0.495 e. The summed E-state index contributed by atoms with van der Waals surface area (Å²) in [4.78, 5) is 12.7. The van der Waals surface area contributed by atoms with Crippen molar-refractivity contribution in [2.24, 2.45) is 0 Å². The van der Waals surface area contributed by atoms with Gasteiger partial charge in [-0.05, 0) is 44.2 Å². The van der Waals surface area contributed by atoms with Gasteiger partial charge in [-0.2, -0.15) is 0 Å². The molecule has 3 rings (SSSR count). The Hall–Kier alpha value is -3.08. The van der Waals surface area contributed by atoms with Crippen molar-refractivity contribution in [1.29, 1.82) is 0 Å². The Balaban J connectivity index is 1.98. The Morgan fingerprint density at radius 3 is 2.48 bits per heavy atom. The number of nitrogens with one attached hydrogen (secondary N) is 1. The van der Waals surface area contributed by atoms with Crippen LogP contribution in [0.15, 0.2) is 54.6 Å². The fourth-order valence-electron chi connectivity index (χ4n) is 2.93. The van der Waals surface area contributed by atoms with Crippen molar-refractivity contribution >= 4 is 11.6 Å². The van der Waals surface area contributed by atoms with E-state index in [2.05, 4.69) is 5.32 Å². The van der Waals surface area contributed by atoms with E-state index in [9.17, 15) is 9.18 Å². The van der Waals surface area contributed by atoms with Crippen LogP contribution in [0, 0.1) is 19.7 Å². The van der Waals surface area contributed by atoms with Crippen LogP contribution in [0.5, 0.6) is 5.75 Å². The SMILES string of the molecule is COc1ccccc1NC(=O)c1cc(C)n(-c2ccccc2F)c1C. The van der Waals surface area contributed by atoms with Crippen LogP contribution in [0.3, 0.4) is 0 Å². The zero-order valence-electron chi connectivity index (χ0n) is 14.3. The first-order chi connectivity index (χ1) is 12.0. The lowest BCUT2D eigenvalue weighted by Gasteiger charge is -2.12. The number of benzene rings is 2. The van der Waals surface area contributed by atoms with Gasteiger partial charge in [-0.1, -0.05) is 24.3 Å². The third-order valence-corrected chi connectivity index (χ3v) is 4.12. The van der Waals surface area contributed by atoms with Crippen LogP contribution in [0.2, 0.25) is 0 Å². The molecule has 1 heterocycles. The molecule has 0 bridgehead atoms. The van der Waals surface area contributed by atoms with Crippen molar-refractivity contribution in [2.45, 2.75) is 13.8 Å². The molecule has 3 aromatic rings. The minimum Gasteiger partial charge on any atom is -0.495 e. The summed E-state index contributed by atoms with van der Waals surface area (Å²) in [5, 5.41) is 2.85. The molecule has 25 heavy (non-hydrogen) atoms. The molecular weight excluding hydrogens is 319 g/mol. The van der Waals surface area contributed by atoms with E-state index in [1.165, 1.54) is 6.07 Å². The van der Waals surface area contributed by atoms with E-state index in [4.69, 9.17) is 4.74 Å². The number of amides is 1. The van der Waals surface area contributed by atoms with Gasteiger partial charge in [0.25, 0.3) is 5.91 Å². The number of nitrogens with zero attached hydrogens (tertiary/aromatic N) is 1. The number of methoxy groups -OCH3 is 1. The quantitative estimate of drug-likeness (QED) is 0.761. The minimum atomic E-state index is -0.332. The first-order valence-corrected chi connectivity index (χ1v) is 7.91. The number of rotatable bonds is 4. The molecular formula is C20H19FN2O2. The van der Waals surface area contributed by atoms with E-state index < -0.39 is 0 Å². The van der Waals surface area contributed by atoms with Gasteiger partial charge in [-0.15, -0.1) is 0 Å². The van der Waals surface area contributed by atoms with Crippen LogP contribution in [0.4, 0.5) is 10.1 Å². The number of hydrogen-bond donors (Lipinski definition) is 1. The summed E-state index contributed by atoms with van der Waals surface area (Å²) in [5.74, 6) is -0.0139. The highest BCUT2D eigenvalue weighted by molar-refractivity contribution is 6.06. The highest BCUT2D eigenvalue weighted by Gasteiger charge is 2.19. The van der Waals surface area contributed by atoms with Gasteiger partial charge in [0, 0.05) is 11.4 Å². The summed E-state index contributed by atoms with van der Waals surface area (Å²) in [6.07, 6.45) is 0. The van der Waals surface area contributed by atoms with E-state index in [0.717, 1.165) is 5.69 Å². The summed E-state index contributed by atoms with van der Waals surface area (Å²) in [6, 6.07) is 15.5. The molecule has 5 heteroatoms. The fourth-order valence-corrected chi connectivity index (χ4v) is 2.93. The summed E-state index contributed by atoms with van der Waals surface area (Å²) >= 11 is 0. The first kappa shape index (κ1) is 16.8. The Morgan fingerprint density at radius 1 is 1.08 bits per heavy atom. The van der Waals surface area contributed by atoms with Gasteiger partial charge in [0.05, 0.1) is 24.0 Å². The Kier molecular flexibility index (Phi) is 4.57. The summed E-state index contributed by atoms with van der Waals surface area (Å²) in [5.41, 5.74) is 2.97. The third kappa shape index (κ3) is 3.13. The molecule has 0 atom stereocenters. The summed E-state index contributed by atoms with van der Waals surface area (Å²) < 4.78 is 21.2. The van der Waals surface area contributed by atoms with Crippen molar-refractivity contribution < 1.29 is 13.9 Å². The van der Waals surface area contributed by atoms with Gasteiger partial charge in [0.15, 0.2) is 0 Å².